The standard InChI is InChI=1S/C25H33O5P/c1-21(26)11-5-4-10-20-29-31(27,28)30-24-16-18-25(19-17-24,22-12-6-2-7-13-22)23-14-8-3-9-15-23/h2-3,6-9,12-15,24H,4-5,10-11,16-20H2,1H3,(H,27,28). The minimum atomic E-state index is -4.08. The Bertz CT molecular complexity index is 818. The van der Waals surface area contributed by atoms with Crippen LogP contribution in [0.25, 0.3) is 0 Å². The predicted octanol–water partition coefficient (Wildman–Crippen LogP) is 6.20. The molecule has 0 amide bonds. The summed E-state index contributed by atoms with van der Waals surface area (Å²) < 4.78 is 23.1. The second-order valence-electron chi connectivity index (χ2n) is 8.43. The fraction of sp³-hybridized carbons (Fsp3) is 0.480. The van der Waals surface area contributed by atoms with Crippen LogP contribution in [0.1, 0.15) is 69.4 Å². The predicted molar refractivity (Wildman–Crippen MR) is 122 cm³/mol. The molecular formula is C25H33O5P. The Balaban J connectivity index is 1.55. The summed E-state index contributed by atoms with van der Waals surface area (Å²) in [5.74, 6) is 0.163. The summed E-state index contributed by atoms with van der Waals surface area (Å²) in [6, 6.07) is 21.0. The van der Waals surface area contributed by atoms with E-state index in [4.69, 9.17) is 9.05 Å². The highest BCUT2D eigenvalue weighted by Gasteiger charge is 2.40. The summed E-state index contributed by atoms with van der Waals surface area (Å²) >= 11 is 0. The summed E-state index contributed by atoms with van der Waals surface area (Å²) in [4.78, 5) is 21.1. The molecule has 6 heteroatoms. The molecule has 0 radical (unpaired) electrons. The number of Topliss-reactive ketones (excluding diaryl/α,β-unsaturated/α-hetero) is 1. The van der Waals surface area contributed by atoms with Crippen molar-refractivity contribution >= 4 is 13.6 Å². The molecule has 0 spiro atoms. The van der Waals surface area contributed by atoms with Gasteiger partial charge in [-0.15, -0.1) is 0 Å². The van der Waals surface area contributed by atoms with E-state index in [0.717, 1.165) is 25.7 Å². The number of carbonyl (C=O) groups excluding carboxylic acids is 1. The molecule has 2 aromatic carbocycles. The zero-order valence-corrected chi connectivity index (χ0v) is 19.1. The van der Waals surface area contributed by atoms with Crippen LogP contribution in [0.3, 0.4) is 0 Å². The van der Waals surface area contributed by atoms with E-state index in [1.54, 1.807) is 6.92 Å². The van der Waals surface area contributed by atoms with Crippen LogP contribution in [0, 0.1) is 0 Å². The first-order chi connectivity index (χ1) is 14.9. The lowest BCUT2D eigenvalue weighted by atomic mass is 9.65. The van der Waals surface area contributed by atoms with Gasteiger partial charge in [-0.3, -0.25) is 9.05 Å². The van der Waals surface area contributed by atoms with E-state index < -0.39 is 7.82 Å². The summed E-state index contributed by atoms with van der Waals surface area (Å²) in [6.45, 7) is 1.73. The van der Waals surface area contributed by atoms with Crippen LogP contribution in [0.15, 0.2) is 60.7 Å². The molecule has 1 aliphatic carbocycles. The van der Waals surface area contributed by atoms with E-state index in [-0.39, 0.29) is 23.9 Å². The quantitative estimate of drug-likeness (QED) is 0.330. The van der Waals surface area contributed by atoms with Crippen molar-refractivity contribution in [3.63, 3.8) is 0 Å². The molecule has 1 unspecified atom stereocenters. The molecule has 1 fully saturated rings. The van der Waals surface area contributed by atoms with Crippen LogP contribution < -0.4 is 0 Å². The lowest BCUT2D eigenvalue weighted by Gasteiger charge is -2.41. The molecule has 168 valence electrons. The van der Waals surface area contributed by atoms with Gasteiger partial charge < -0.3 is 9.69 Å². The van der Waals surface area contributed by atoms with Crippen LogP contribution in [-0.4, -0.2) is 23.4 Å². The molecule has 31 heavy (non-hydrogen) atoms. The van der Waals surface area contributed by atoms with Gasteiger partial charge in [0.15, 0.2) is 0 Å². The number of phosphoric ester groups is 1. The molecule has 1 N–H and O–H groups in total. The summed E-state index contributed by atoms with van der Waals surface area (Å²) in [5.41, 5.74) is 2.43. The van der Waals surface area contributed by atoms with Crippen molar-refractivity contribution in [1.82, 2.24) is 0 Å². The van der Waals surface area contributed by atoms with E-state index in [1.807, 2.05) is 12.1 Å². The molecule has 0 saturated heterocycles. The molecule has 0 heterocycles. The molecule has 3 rings (SSSR count). The van der Waals surface area contributed by atoms with Gasteiger partial charge in [0.25, 0.3) is 0 Å². The second kappa shape index (κ2) is 11.2. The largest absolute Gasteiger partial charge is 0.472 e. The molecule has 2 aromatic rings. The summed E-state index contributed by atoms with van der Waals surface area (Å²) in [7, 11) is -4.08. The van der Waals surface area contributed by atoms with Crippen molar-refractivity contribution in [2.45, 2.75) is 69.8 Å². The van der Waals surface area contributed by atoms with Crippen molar-refractivity contribution in [3.05, 3.63) is 71.8 Å². The first-order valence-electron chi connectivity index (χ1n) is 11.2. The maximum atomic E-state index is 12.4. The van der Waals surface area contributed by atoms with Gasteiger partial charge in [-0.2, -0.15) is 0 Å². The van der Waals surface area contributed by atoms with Gasteiger partial charge in [0.1, 0.15) is 5.78 Å². The van der Waals surface area contributed by atoms with Gasteiger partial charge in [-0.1, -0.05) is 67.1 Å². The van der Waals surface area contributed by atoms with E-state index in [2.05, 4.69) is 48.5 Å². The van der Waals surface area contributed by atoms with E-state index in [9.17, 15) is 14.3 Å². The van der Waals surface area contributed by atoms with Crippen molar-refractivity contribution in [2.75, 3.05) is 6.61 Å². The average molecular weight is 445 g/mol. The number of benzene rings is 2. The normalized spacial score (nSPS) is 18.4. The number of phosphoric acid groups is 1. The van der Waals surface area contributed by atoms with Crippen LogP contribution in [0.4, 0.5) is 0 Å². The number of carbonyl (C=O) groups is 1. The lowest BCUT2D eigenvalue weighted by molar-refractivity contribution is -0.117. The van der Waals surface area contributed by atoms with Crippen molar-refractivity contribution in [3.8, 4) is 0 Å². The van der Waals surface area contributed by atoms with E-state index >= 15 is 0 Å². The zero-order valence-electron chi connectivity index (χ0n) is 18.2. The third kappa shape index (κ3) is 6.85. The van der Waals surface area contributed by atoms with Gasteiger partial charge in [0.2, 0.25) is 0 Å². The van der Waals surface area contributed by atoms with Gasteiger partial charge in [-0.25, -0.2) is 4.57 Å². The maximum Gasteiger partial charge on any atom is 0.472 e. The number of rotatable bonds is 11. The summed E-state index contributed by atoms with van der Waals surface area (Å²) in [5, 5.41) is 0. The Morgan fingerprint density at radius 2 is 1.52 bits per heavy atom. The van der Waals surface area contributed by atoms with Crippen LogP contribution >= 0.6 is 7.82 Å². The van der Waals surface area contributed by atoms with Gasteiger partial charge >= 0.3 is 7.82 Å². The van der Waals surface area contributed by atoms with Crippen LogP contribution in [0.5, 0.6) is 0 Å². The SMILES string of the molecule is CC(=O)CCCCCOP(=O)(O)OC1CCC(c2ccccc2)(c2ccccc2)CC1. The number of hydrogen-bond donors (Lipinski definition) is 1. The molecule has 1 aliphatic rings. The lowest BCUT2D eigenvalue weighted by Crippen LogP contribution is -2.35. The molecule has 0 aromatic heterocycles. The van der Waals surface area contributed by atoms with Crippen molar-refractivity contribution in [2.24, 2.45) is 0 Å². The summed E-state index contributed by atoms with van der Waals surface area (Å²) in [6.07, 6.45) is 5.52. The molecule has 0 aliphatic heterocycles. The second-order valence-corrected chi connectivity index (χ2v) is 9.84. The van der Waals surface area contributed by atoms with Crippen molar-refractivity contribution < 1.29 is 23.3 Å². The topological polar surface area (TPSA) is 72.8 Å². The molecule has 5 nitrogen and oxygen atoms in total. The highest BCUT2D eigenvalue weighted by Crippen LogP contribution is 2.51. The Kier molecular flexibility index (Phi) is 8.62. The van der Waals surface area contributed by atoms with Crippen molar-refractivity contribution in [1.29, 1.82) is 0 Å². The fourth-order valence-electron chi connectivity index (χ4n) is 4.50. The van der Waals surface area contributed by atoms with Gasteiger partial charge in [0, 0.05) is 11.8 Å². The minimum absolute atomic E-state index is 0.112. The number of unbranched alkanes of at least 4 members (excludes halogenated alkanes) is 2. The Hall–Kier alpha value is -1.78. The van der Waals surface area contributed by atoms with Gasteiger partial charge in [-0.05, 0) is 56.6 Å². The Labute approximate surface area is 185 Å². The van der Waals surface area contributed by atoms with E-state index in [1.165, 1.54) is 11.1 Å². The molecular weight excluding hydrogens is 411 g/mol. The fourth-order valence-corrected chi connectivity index (χ4v) is 5.51. The first kappa shape index (κ1) is 23.9. The third-order valence-corrected chi connectivity index (χ3v) is 7.22. The highest BCUT2D eigenvalue weighted by atomic mass is 31.2. The highest BCUT2D eigenvalue weighted by molar-refractivity contribution is 7.47. The van der Waals surface area contributed by atoms with Gasteiger partial charge in [0.05, 0.1) is 12.7 Å². The molecule has 1 saturated carbocycles. The van der Waals surface area contributed by atoms with E-state index in [0.29, 0.717) is 25.7 Å². The Morgan fingerprint density at radius 1 is 0.968 bits per heavy atom. The molecule has 1 atom stereocenters. The van der Waals surface area contributed by atoms with Crippen LogP contribution in [0.2, 0.25) is 0 Å². The zero-order chi connectivity index (χ0) is 22.2. The first-order valence-corrected chi connectivity index (χ1v) is 12.7. The average Bonchev–Trinajstić information content (AvgIpc) is 2.77. The maximum absolute atomic E-state index is 12.4. The minimum Gasteiger partial charge on any atom is -0.302 e. The monoisotopic (exact) mass is 444 g/mol. The Morgan fingerprint density at radius 3 is 2.03 bits per heavy atom. The third-order valence-electron chi connectivity index (χ3n) is 6.15. The number of hydrogen-bond acceptors (Lipinski definition) is 4. The molecule has 0 bridgehead atoms. The number of ketones is 1. The van der Waals surface area contributed by atoms with Crippen LogP contribution in [-0.2, 0) is 23.8 Å². The smallest absolute Gasteiger partial charge is 0.302 e.